The number of hydrogen-bond donors (Lipinski definition) is 6. The largest absolute Gasteiger partial charge is 0.472 e. The number of rotatable bonds is 45. The van der Waals surface area contributed by atoms with E-state index in [0.717, 1.165) is 64.2 Å². The van der Waals surface area contributed by atoms with Gasteiger partial charge in [0.2, 0.25) is 0 Å². The van der Waals surface area contributed by atoms with Gasteiger partial charge in [0.15, 0.2) is 6.10 Å². The normalized spacial score (nSPS) is 21.4. The third-order valence-corrected chi connectivity index (χ3v) is 13.5. The van der Waals surface area contributed by atoms with E-state index in [-0.39, 0.29) is 12.8 Å². The number of phosphoric ester groups is 1. The topological polar surface area (TPSA) is 210 Å². The maximum Gasteiger partial charge on any atom is 0.472 e. The van der Waals surface area contributed by atoms with Gasteiger partial charge in [-0.2, -0.15) is 0 Å². The lowest BCUT2D eigenvalue weighted by molar-refractivity contribution is -0.220. The molecular formula is C52H97O13P. The smallest absolute Gasteiger partial charge is 0.462 e. The zero-order valence-corrected chi connectivity index (χ0v) is 42.4. The highest BCUT2D eigenvalue weighted by molar-refractivity contribution is 7.47. The predicted molar refractivity (Wildman–Crippen MR) is 263 cm³/mol. The SMILES string of the molecule is CCCCC/C=C/C/C=C/CCCCCCCC(=O)OC[C@H](COP(=O)(O)OC1C(O)C(O)C(O)[C@@H](O)C1O)OC(=O)CCCCCCCCCCCCCCCCCCCCCCCC. The molecule has 0 heterocycles. The molecule has 0 aromatic rings. The van der Waals surface area contributed by atoms with Gasteiger partial charge in [-0.25, -0.2) is 4.57 Å². The Bertz CT molecular complexity index is 1250. The van der Waals surface area contributed by atoms with E-state index in [2.05, 4.69) is 38.2 Å². The van der Waals surface area contributed by atoms with Gasteiger partial charge in [-0.15, -0.1) is 0 Å². The number of ether oxygens (including phenoxy) is 2. The number of aliphatic hydroxyl groups excluding tert-OH is 5. The molecule has 0 radical (unpaired) electrons. The minimum atomic E-state index is -5.12. The maximum atomic E-state index is 12.9. The van der Waals surface area contributed by atoms with Crippen molar-refractivity contribution in [3.8, 4) is 0 Å². The van der Waals surface area contributed by atoms with Gasteiger partial charge in [-0.05, 0) is 44.9 Å². The van der Waals surface area contributed by atoms with Crippen molar-refractivity contribution >= 4 is 19.8 Å². The monoisotopic (exact) mass is 961 g/mol. The Balaban J connectivity index is 2.36. The molecule has 0 aliphatic heterocycles. The molecule has 1 fully saturated rings. The number of hydrogen-bond acceptors (Lipinski definition) is 12. The van der Waals surface area contributed by atoms with Crippen LogP contribution in [0.5, 0.6) is 0 Å². The summed E-state index contributed by atoms with van der Waals surface area (Å²) in [5, 5.41) is 50.3. The van der Waals surface area contributed by atoms with E-state index in [4.69, 9.17) is 18.5 Å². The number of allylic oxidation sites excluding steroid dienone is 4. The summed E-state index contributed by atoms with van der Waals surface area (Å²) in [4.78, 5) is 35.8. The summed E-state index contributed by atoms with van der Waals surface area (Å²) in [5.41, 5.74) is 0. The zero-order valence-electron chi connectivity index (χ0n) is 41.5. The fourth-order valence-corrected chi connectivity index (χ4v) is 9.23. The minimum Gasteiger partial charge on any atom is -0.462 e. The van der Waals surface area contributed by atoms with Crippen molar-refractivity contribution in [2.75, 3.05) is 13.2 Å². The summed E-state index contributed by atoms with van der Waals surface area (Å²) in [6.07, 6.45) is 35.1. The highest BCUT2D eigenvalue weighted by Crippen LogP contribution is 2.47. The molecule has 388 valence electrons. The fourth-order valence-electron chi connectivity index (χ4n) is 8.26. The first-order valence-electron chi connectivity index (χ1n) is 26.6. The minimum absolute atomic E-state index is 0.0986. The molecule has 14 heteroatoms. The molecule has 0 aromatic heterocycles. The molecule has 0 bridgehead atoms. The molecule has 0 amide bonds. The van der Waals surface area contributed by atoms with Gasteiger partial charge in [-0.1, -0.05) is 205 Å². The van der Waals surface area contributed by atoms with Crippen molar-refractivity contribution in [3.63, 3.8) is 0 Å². The predicted octanol–water partition coefficient (Wildman–Crippen LogP) is 11.6. The van der Waals surface area contributed by atoms with E-state index >= 15 is 0 Å². The molecule has 1 aliphatic carbocycles. The molecule has 0 aromatic carbocycles. The van der Waals surface area contributed by atoms with Gasteiger partial charge in [0.05, 0.1) is 6.61 Å². The van der Waals surface area contributed by atoms with Crippen LogP contribution in [-0.4, -0.2) is 98.3 Å². The van der Waals surface area contributed by atoms with Crippen molar-refractivity contribution in [1.29, 1.82) is 0 Å². The molecule has 13 nitrogen and oxygen atoms in total. The van der Waals surface area contributed by atoms with Gasteiger partial charge < -0.3 is 39.9 Å². The second-order valence-corrected chi connectivity index (χ2v) is 20.1. The van der Waals surface area contributed by atoms with Gasteiger partial charge >= 0.3 is 19.8 Å². The number of unbranched alkanes of at least 4 members (excludes halogenated alkanes) is 29. The third kappa shape index (κ3) is 33.8. The van der Waals surface area contributed by atoms with Crippen LogP contribution in [0.4, 0.5) is 0 Å². The molecule has 6 N–H and O–H groups in total. The summed E-state index contributed by atoms with van der Waals surface area (Å²) in [6, 6.07) is 0. The first kappa shape index (κ1) is 62.3. The van der Waals surface area contributed by atoms with Crippen LogP contribution >= 0.6 is 7.82 Å². The van der Waals surface area contributed by atoms with Crippen molar-refractivity contribution in [3.05, 3.63) is 24.3 Å². The van der Waals surface area contributed by atoms with Crippen LogP contribution in [0.15, 0.2) is 24.3 Å². The molecule has 1 rings (SSSR count). The number of phosphoric acid groups is 1. The summed E-state index contributed by atoms with van der Waals surface area (Å²) in [6.45, 7) is 3.30. The first-order valence-corrected chi connectivity index (χ1v) is 28.1. The number of carbonyl (C=O) groups is 2. The Kier molecular flexibility index (Phi) is 39.9. The highest BCUT2D eigenvalue weighted by Gasteiger charge is 2.51. The summed E-state index contributed by atoms with van der Waals surface area (Å²) in [5.74, 6) is -1.10. The summed E-state index contributed by atoms with van der Waals surface area (Å²) < 4.78 is 33.6. The van der Waals surface area contributed by atoms with E-state index < -0.39 is 75.7 Å². The fraction of sp³-hybridized carbons (Fsp3) is 0.885. The molecule has 0 spiro atoms. The van der Waals surface area contributed by atoms with Crippen LogP contribution in [0.3, 0.4) is 0 Å². The van der Waals surface area contributed by atoms with E-state index in [0.29, 0.717) is 12.8 Å². The van der Waals surface area contributed by atoms with Crippen LogP contribution in [0.25, 0.3) is 0 Å². The quantitative estimate of drug-likeness (QED) is 0.0145. The lowest BCUT2D eigenvalue weighted by atomic mass is 9.85. The summed E-state index contributed by atoms with van der Waals surface area (Å²) in [7, 11) is -5.12. The molecule has 66 heavy (non-hydrogen) atoms. The van der Waals surface area contributed by atoms with E-state index in [1.54, 1.807) is 0 Å². The van der Waals surface area contributed by atoms with Crippen LogP contribution in [0.1, 0.15) is 239 Å². The number of carbonyl (C=O) groups excluding carboxylic acids is 2. The lowest BCUT2D eigenvalue weighted by Gasteiger charge is -2.41. The van der Waals surface area contributed by atoms with E-state index in [1.807, 2.05) is 0 Å². The van der Waals surface area contributed by atoms with Crippen LogP contribution in [-0.2, 0) is 32.7 Å². The second kappa shape index (κ2) is 42.2. The molecule has 6 unspecified atom stereocenters. The molecule has 1 saturated carbocycles. The van der Waals surface area contributed by atoms with Crippen molar-refractivity contribution in [2.24, 2.45) is 0 Å². The Morgan fingerprint density at radius 1 is 0.470 bits per heavy atom. The number of esters is 2. The van der Waals surface area contributed by atoms with Crippen molar-refractivity contribution in [1.82, 2.24) is 0 Å². The third-order valence-electron chi connectivity index (χ3n) is 12.5. The van der Waals surface area contributed by atoms with Crippen molar-refractivity contribution in [2.45, 2.75) is 281 Å². The lowest BCUT2D eigenvalue weighted by Crippen LogP contribution is -2.64. The highest BCUT2D eigenvalue weighted by atomic mass is 31.2. The van der Waals surface area contributed by atoms with Gasteiger partial charge in [-0.3, -0.25) is 18.6 Å². The molecule has 0 saturated heterocycles. The Morgan fingerprint density at radius 2 is 0.818 bits per heavy atom. The number of aliphatic hydroxyl groups is 5. The van der Waals surface area contributed by atoms with Crippen molar-refractivity contribution < 1.29 is 63.1 Å². The zero-order chi connectivity index (χ0) is 48.5. The molecule has 1 aliphatic rings. The first-order chi connectivity index (χ1) is 31.9. The van der Waals surface area contributed by atoms with E-state index in [1.165, 1.54) is 135 Å². The standard InChI is InChI=1S/C52H97O13P/c1-3-5-7-9-11-13-15-17-19-20-21-22-23-24-25-27-29-31-33-35-37-39-41-46(54)64-44(43-63-66(60,61)65-52-50(58)48(56)47(55)49(57)51(52)59)42-62-45(53)40-38-36-34-32-30-28-26-18-16-14-12-10-8-6-4-2/h12,14,18,26,44,47-52,55-59H,3-11,13,15-17,19-25,27-43H2,1-2H3,(H,60,61)/b14-12+,26-18+/t44-,47?,48-,49?,50?,51?,52?/m1/s1. The average Bonchev–Trinajstić information content (AvgIpc) is 3.30. The Labute approximate surface area is 400 Å². The summed E-state index contributed by atoms with van der Waals surface area (Å²) >= 11 is 0. The Hall–Kier alpha value is -1.67. The average molecular weight is 961 g/mol. The Morgan fingerprint density at radius 3 is 1.26 bits per heavy atom. The van der Waals surface area contributed by atoms with Crippen LogP contribution < -0.4 is 0 Å². The molecule has 8 atom stereocenters. The maximum absolute atomic E-state index is 12.9. The molecular weight excluding hydrogens is 864 g/mol. The van der Waals surface area contributed by atoms with Gasteiger partial charge in [0.25, 0.3) is 0 Å². The van der Waals surface area contributed by atoms with E-state index in [9.17, 15) is 44.6 Å². The van der Waals surface area contributed by atoms with Gasteiger partial charge in [0, 0.05) is 12.8 Å². The van der Waals surface area contributed by atoms with Crippen LogP contribution in [0.2, 0.25) is 0 Å². The van der Waals surface area contributed by atoms with Crippen LogP contribution in [0, 0.1) is 0 Å². The van der Waals surface area contributed by atoms with Gasteiger partial charge in [0.1, 0.15) is 43.2 Å². The second-order valence-electron chi connectivity index (χ2n) is 18.7.